The number of halogens is 2. The lowest BCUT2D eigenvalue weighted by Crippen LogP contribution is -2.50. The summed E-state index contributed by atoms with van der Waals surface area (Å²) < 4.78 is 39.0. The normalized spacial score (nSPS) is 18.5. The highest BCUT2D eigenvalue weighted by atomic mass is 31.2. The van der Waals surface area contributed by atoms with E-state index in [4.69, 9.17) is 25.1 Å². The van der Waals surface area contributed by atoms with Gasteiger partial charge in [0.05, 0.1) is 6.61 Å². The van der Waals surface area contributed by atoms with Gasteiger partial charge in [-0.25, -0.2) is 4.57 Å². The molecule has 0 bridgehead atoms. The quantitative estimate of drug-likeness (QED) is 0.266. The molecule has 17 heavy (non-hydrogen) atoms. The number of rotatable bonds is 7. The van der Waals surface area contributed by atoms with Crippen LogP contribution < -0.4 is 0 Å². The molecule has 0 aliphatic carbocycles. The smallest absolute Gasteiger partial charge is 0.388 e. The molecule has 0 amide bonds. The summed E-state index contributed by atoms with van der Waals surface area (Å²) in [5, 5.41) is 26.8. The molecule has 0 aromatic heterocycles. The van der Waals surface area contributed by atoms with Gasteiger partial charge in [0.1, 0.15) is 12.2 Å². The maximum atomic E-state index is 12.5. The minimum atomic E-state index is -4.95. The number of hydrogen-bond donors (Lipinski definition) is 5. The van der Waals surface area contributed by atoms with Crippen LogP contribution in [0.25, 0.3) is 0 Å². The van der Waals surface area contributed by atoms with Gasteiger partial charge in [-0.15, -0.1) is 0 Å². The van der Waals surface area contributed by atoms with E-state index in [9.17, 15) is 18.1 Å². The van der Waals surface area contributed by atoms with Gasteiger partial charge in [0.15, 0.2) is 12.4 Å². The molecule has 0 radical (unpaired) electrons. The van der Waals surface area contributed by atoms with Gasteiger partial charge in [-0.2, -0.15) is 8.78 Å². The number of aliphatic hydroxyl groups is 3. The van der Waals surface area contributed by atoms with Crippen LogP contribution in [0.1, 0.15) is 0 Å². The standard InChI is InChI=1S/C6H11F2O8P/c7-6(8,2-9)5(12)4(11)3(10)1-16-17(13,14)15/h2-5,10-12H,1H2,(H2,13,14,15). The molecule has 0 fully saturated rings. The Morgan fingerprint density at radius 2 is 1.76 bits per heavy atom. The van der Waals surface area contributed by atoms with Crippen LogP contribution in [0.3, 0.4) is 0 Å². The van der Waals surface area contributed by atoms with E-state index >= 15 is 0 Å². The van der Waals surface area contributed by atoms with Gasteiger partial charge >= 0.3 is 13.7 Å². The highest BCUT2D eigenvalue weighted by Gasteiger charge is 2.45. The molecule has 8 nitrogen and oxygen atoms in total. The number of alkyl halides is 2. The molecule has 0 aliphatic heterocycles. The summed E-state index contributed by atoms with van der Waals surface area (Å²) in [5.74, 6) is -4.30. The van der Waals surface area contributed by atoms with E-state index in [1.807, 2.05) is 0 Å². The second-order valence-electron chi connectivity index (χ2n) is 3.08. The molecule has 102 valence electrons. The molecule has 0 heterocycles. The van der Waals surface area contributed by atoms with Gasteiger partial charge in [-0.3, -0.25) is 9.32 Å². The van der Waals surface area contributed by atoms with Crippen LogP contribution in [0.5, 0.6) is 0 Å². The van der Waals surface area contributed by atoms with Crippen molar-refractivity contribution >= 4 is 14.1 Å². The van der Waals surface area contributed by atoms with E-state index in [0.29, 0.717) is 0 Å². The predicted octanol–water partition coefficient (Wildman–Crippen LogP) is -1.99. The molecule has 3 atom stereocenters. The van der Waals surface area contributed by atoms with Gasteiger partial charge in [0.2, 0.25) is 0 Å². The molecule has 3 unspecified atom stereocenters. The van der Waals surface area contributed by atoms with Gasteiger partial charge in [0.25, 0.3) is 0 Å². The third-order valence-corrected chi connectivity index (χ3v) is 2.17. The van der Waals surface area contributed by atoms with Crippen molar-refractivity contribution < 1.29 is 47.8 Å². The summed E-state index contributed by atoms with van der Waals surface area (Å²) in [6, 6.07) is 0. The van der Waals surface area contributed by atoms with Crippen LogP contribution in [0.15, 0.2) is 0 Å². The van der Waals surface area contributed by atoms with Crippen LogP contribution in [0, 0.1) is 0 Å². The zero-order chi connectivity index (χ0) is 13.9. The number of aldehydes is 1. The number of phosphoric ester groups is 1. The van der Waals surface area contributed by atoms with Crippen molar-refractivity contribution in [3.63, 3.8) is 0 Å². The maximum Gasteiger partial charge on any atom is 0.469 e. The average molecular weight is 280 g/mol. The van der Waals surface area contributed by atoms with E-state index < -0.39 is 45.0 Å². The zero-order valence-corrected chi connectivity index (χ0v) is 9.07. The Labute approximate surface area is 93.7 Å². The first-order valence-electron chi connectivity index (χ1n) is 4.09. The van der Waals surface area contributed by atoms with Crippen LogP contribution in [0.4, 0.5) is 8.78 Å². The number of phosphoric acid groups is 1. The molecule has 11 heteroatoms. The number of hydrogen-bond acceptors (Lipinski definition) is 6. The first-order chi connectivity index (χ1) is 7.51. The lowest BCUT2D eigenvalue weighted by atomic mass is 10.0. The minimum Gasteiger partial charge on any atom is -0.388 e. The molecular weight excluding hydrogens is 269 g/mol. The number of carbonyl (C=O) groups is 1. The van der Waals surface area contributed by atoms with Crippen LogP contribution in [0.2, 0.25) is 0 Å². The Balaban J connectivity index is 4.45. The molecule has 0 aliphatic rings. The number of aliphatic hydroxyl groups excluding tert-OH is 3. The summed E-state index contributed by atoms with van der Waals surface area (Å²) in [7, 11) is -4.95. The van der Waals surface area contributed by atoms with E-state index in [0.717, 1.165) is 0 Å². The summed E-state index contributed by atoms with van der Waals surface area (Å²) in [4.78, 5) is 26.3. The first kappa shape index (κ1) is 16.5. The zero-order valence-electron chi connectivity index (χ0n) is 8.18. The van der Waals surface area contributed by atoms with Crippen molar-refractivity contribution in [1.82, 2.24) is 0 Å². The molecule has 0 aromatic carbocycles. The van der Waals surface area contributed by atoms with Crippen molar-refractivity contribution in [2.75, 3.05) is 6.61 Å². The van der Waals surface area contributed by atoms with Gasteiger partial charge < -0.3 is 25.1 Å². The third-order valence-electron chi connectivity index (χ3n) is 1.68. The predicted molar refractivity (Wildman–Crippen MR) is 47.0 cm³/mol. The molecule has 0 rings (SSSR count). The van der Waals surface area contributed by atoms with Gasteiger partial charge in [0, 0.05) is 0 Å². The second kappa shape index (κ2) is 5.91. The second-order valence-corrected chi connectivity index (χ2v) is 4.32. The fourth-order valence-corrected chi connectivity index (χ4v) is 1.13. The van der Waals surface area contributed by atoms with Crippen molar-refractivity contribution in [1.29, 1.82) is 0 Å². The average Bonchev–Trinajstić information content (AvgIpc) is 2.22. The van der Waals surface area contributed by atoms with Crippen LogP contribution >= 0.6 is 7.82 Å². The Morgan fingerprint density at radius 1 is 1.29 bits per heavy atom. The Morgan fingerprint density at radius 3 is 2.12 bits per heavy atom. The molecule has 0 aromatic rings. The molecular formula is C6H11F2O8P. The maximum absolute atomic E-state index is 12.5. The van der Waals surface area contributed by atoms with E-state index in [1.54, 1.807) is 0 Å². The van der Waals surface area contributed by atoms with E-state index in [-0.39, 0.29) is 0 Å². The topological polar surface area (TPSA) is 145 Å². The Bertz CT molecular complexity index is 304. The first-order valence-corrected chi connectivity index (χ1v) is 5.62. The largest absolute Gasteiger partial charge is 0.469 e. The van der Waals surface area contributed by atoms with Crippen LogP contribution in [-0.2, 0) is 13.9 Å². The van der Waals surface area contributed by atoms with Crippen molar-refractivity contribution in [2.45, 2.75) is 24.2 Å². The fraction of sp³-hybridized carbons (Fsp3) is 0.833. The summed E-state index contributed by atoms with van der Waals surface area (Å²) in [6.07, 6.45) is -8.57. The SMILES string of the molecule is O=CC(F)(F)C(O)C(O)C(O)COP(=O)(O)O. The van der Waals surface area contributed by atoms with Crippen molar-refractivity contribution in [3.8, 4) is 0 Å². The van der Waals surface area contributed by atoms with E-state index in [1.165, 1.54) is 0 Å². The van der Waals surface area contributed by atoms with Gasteiger partial charge in [-0.05, 0) is 0 Å². The summed E-state index contributed by atoms with van der Waals surface area (Å²) >= 11 is 0. The molecule has 5 N–H and O–H groups in total. The lowest BCUT2D eigenvalue weighted by molar-refractivity contribution is -0.177. The van der Waals surface area contributed by atoms with Crippen molar-refractivity contribution in [2.24, 2.45) is 0 Å². The molecule has 0 saturated carbocycles. The summed E-state index contributed by atoms with van der Waals surface area (Å²) in [5.41, 5.74) is 0. The number of carbonyl (C=O) groups excluding carboxylic acids is 1. The van der Waals surface area contributed by atoms with Crippen molar-refractivity contribution in [3.05, 3.63) is 0 Å². The molecule has 0 saturated heterocycles. The monoisotopic (exact) mass is 280 g/mol. The summed E-state index contributed by atoms with van der Waals surface area (Å²) in [6.45, 7) is -1.20. The highest BCUT2D eigenvalue weighted by Crippen LogP contribution is 2.36. The third kappa shape index (κ3) is 5.59. The van der Waals surface area contributed by atoms with Crippen LogP contribution in [-0.4, -0.2) is 62.2 Å². The Hall–Kier alpha value is -0.480. The minimum absolute atomic E-state index is 0.933. The highest BCUT2D eigenvalue weighted by molar-refractivity contribution is 7.46. The Kier molecular flexibility index (Phi) is 5.75. The van der Waals surface area contributed by atoms with E-state index in [2.05, 4.69) is 4.52 Å². The molecule has 0 spiro atoms. The lowest BCUT2D eigenvalue weighted by Gasteiger charge is -2.25. The van der Waals surface area contributed by atoms with Gasteiger partial charge in [-0.1, -0.05) is 0 Å². The fourth-order valence-electron chi connectivity index (χ4n) is 0.780.